The number of nitrogens with zero attached hydrogens (tertiary/aromatic N) is 5. The van der Waals surface area contributed by atoms with Crippen molar-refractivity contribution < 1.29 is 5.11 Å². The summed E-state index contributed by atoms with van der Waals surface area (Å²) in [6.45, 7) is 5.66. The molecule has 182 valence electrons. The van der Waals surface area contributed by atoms with E-state index in [0.717, 1.165) is 62.9 Å². The minimum Gasteiger partial charge on any atom is -0.390 e. The van der Waals surface area contributed by atoms with Gasteiger partial charge in [-0.15, -0.1) is 0 Å². The summed E-state index contributed by atoms with van der Waals surface area (Å²) in [5, 5.41) is 14.5. The summed E-state index contributed by atoms with van der Waals surface area (Å²) in [5.41, 5.74) is 5.13. The lowest BCUT2D eigenvalue weighted by molar-refractivity contribution is 0.0293. The Morgan fingerprint density at radius 2 is 1.71 bits per heavy atom. The van der Waals surface area contributed by atoms with Gasteiger partial charge in [-0.25, -0.2) is 9.97 Å². The van der Waals surface area contributed by atoms with Crippen molar-refractivity contribution in [2.75, 3.05) is 47.8 Å². The maximum Gasteiger partial charge on any atom is 0.135 e. The molecule has 0 aliphatic carbocycles. The van der Waals surface area contributed by atoms with Crippen molar-refractivity contribution in [2.45, 2.75) is 44.4 Å². The Bertz CT molecular complexity index is 1160. The molecule has 6 rings (SSSR count). The molecule has 0 spiro atoms. The van der Waals surface area contributed by atoms with Gasteiger partial charge in [-0.05, 0) is 55.0 Å². The lowest BCUT2D eigenvalue weighted by Crippen LogP contribution is -2.55. The molecule has 2 atom stereocenters. The number of fused-ring (bicyclic) bond motifs is 1. The molecule has 2 aromatic carbocycles. The number of benzene rings is 2. The van der Waals surface area contributed by atoms with E-state index in [9.17, 15) is 5.11 Å². The van der Waals surface area contributed by atoms with E-state index in [2.05, 4.69) is 78.5 Å². The van der Waals surface area contributed by atoms with Gasteiger partial charge in [0.1, 0.15) is 18.0 Å². The fourth-order valence-electron chi connectivity index (χ4n) is 5.85. The fourth-order valence-corrected chi connectivity index (χ4v) is 5.85. The highest BCUT2D eigenvalue weighted by atomic mass is 16.3. The summed E-state index contributed by atoms with van der Waals surface area (Å²) in [6, 6.07) is 19.4. The first-order valence-corrected chi connectivity index (χ1v) is 12.9. The van der Waals surface area contributed by atoms with Gasteiger partial charge in [-0.3, -0.25) is 4.90 Å². The molecule has 7 heteroatoms. The van der Waals surface area contributed by atoms with Crippen LogP contribution in [0.2, 0.25) is 0 Å². The Kier molecular flexibility index (Phi) is 6.27. The third kappa shape index (κ3) is 4.83. The maximum absolute atomic E-state index is 11.1. The SMILES string of the molecule is O[C@@H]1CN(c2cc(Nc3cccc(N4CCCC4)c3)ncn2)CCC1N1CCc2ccccc2C1. The summed E-state index contributed by atoms with van der Waals surface area (Å²) in [5.74, 6) is 1.64. The average molecular weight is 471 g/mol. The van der Waals surface area contributed by atoms with Crippen LogP contribution in [0.15, 0.2) is 60.9 Å². The molecule has 2 N–H and O–H groups in total. The number of hydrogen-bond acceptors (Lipinski definition) is 7. The van der Waals surface area contributed by atoms with Gasteiger partial charge in [-0.2, -0.15) is 0 Å². The number of β-amino-alcohol motifs (C(OH)–C–C–N with tert-alkyl or cyclic N) is 1. The van der Waals surface area contributed by atoms with Crippen LogP contribution in [0.4, 0.5) is 23.0 Å². The second kappa shape index (κ2) is 9.84. The second-order valence-electron chi connectivity index (χ2n) is 9.99. The molecule has 2 fully saturated rings. The van der Waals surface area contributed by atoms with E-state index in [1.807, 2.05) is 6.07 Å². The van der Waals surface area contributed by atoms with Crippen molar-refractivity contribution in [3.63, 3.8) is 0 Å². The molecule has 0 radical (unpaired) electrons. The van der Waals surface area contributed by atoms with Crippen LogP contribution in [-0.2, 0) is 13.0 Å². The van der Waals surface area contributed by atoms with Crippen LogP contribution >= 0.6 is 0 Å². The summed E-state index contributed by atoms with van der Waals surface area (Å²) < 4.78 is 0. The van der Waals surface area contributed by atoms with Crippen LogP contribution in [0.1, 0.15) is 30.4 Å². The van der Waals surface area contributed by atoms with Crippen molar-refractivity contribution in [3.8, 4) is 0 Å². The summed E-state index contributed by atoms with van der Waals surface area (Å²) in [7, 11) is 0. The largest absolute Gasteiger partial charge is 0.390 e. The smallest absolute Gasteiger partial charge is 0.135 e. The van der Waals surface area contributed by atoms with E-state index >= 15 is 0 Å². The number of piperidine rings is 1. The van der Waals surface area contributed by atoms with Crippen LogP contribution < -0.4 is 15.1 Å². The van der Waals surface area contributed by atoms with E-state index in [4.69, 9.17) is 0 Å². The minimum atomic E-state index is -0.405. The number of anilines is 4. The average Bonchev–Trinajstić information content (AvgIpc) is 3.44. The zero-order valence-electron chi connectivity index (χ0n) is 20.2. The number of aliphatic hydroxyl groups excluding tert-OH is 1. The summed E-state index contributed by atoms with van der Waals surface area (Å²) in [4.78, 5) is 16.1. The molecule has 3 aromatic rings. The number of aliphatic hydroxyl groups is 1. The Labute approximate surface area is 207 Å². The van der Waals surface area contributed by atoms with E-state index in [1.54, 1.807) is 6.33 Å². The highest BCUT2D eigenvalue weighted by molar-refractivity contribution is 5.65. The van der Waals surface area contributed by atoms with Gasteiger partial charge < -0.3 is 20.2 Å². The van der Waals surface area contributed by atoms with E-state index in [0.29, 0.717) is 6.54 Å². The second-order valence-corrected chi connectivity index (χ2v) is 9.99. The molecular weight excluding hydrogens is 436 g/mol. The molecule has 3 aliphatic heterocycles. The molecule has 35 heavy (non-hydrogen) atoms. The van der Waals surface area contributed by atoms with E-state index < -0.39 is 6.10 Å². The predicted molar refractivity (Wildman–Crippen MR) is 140 cm³/mol. The maximum atomic E-state index is 11.1. The van der Waals surface area contributed by atoms with Crippen LogP contribution in [0.25, 0.3) is 0 Å². The normalized spacial score (nSPS) is 22.8. The standard InChI is InChI=1S/C28H34N6O/c35-26-19-34(15-11-25(26)33-14-10-21-6-1-2-7-22(21)18-33)28-17-27(29-20-30-28)31-23-8-5-9-24(16-23)32-12-3-4-13-32/h1-2,5-9,16-17,20,25-26,35H,3-4,10-15,18-19H2,(H,29,30,31)/t25?,26-/m1/s1. The zero-order chi connectivity index (χ0) is 23.6. The molecule has 2 saturated heterocycles. The number of nitrogens with one attached hydrogen (secondary N) is 1. The highest BCUT2D eigenvalue weighted by Crippen LogP contribution is 2.29. The molecule has 0 amide bonds. The Morgan fingerprint density at radius 1 is 0.857 bits per heavy atom. The lowest BCUT2D eigenvalue weighted by atomic mass is 9.94. The minimum absolute atomic E-state index is 0.187. The molecule has 0 saturated carbocycles. The molecule has 3 aliphatic rings. The third-order valence-electron chi connectivity index (χ3n) is 7.74. The van der Waals surface area contributed by atoms with Gasteiger partial charge in [0.15, 0.2) is 0 Å². The van der Waals surface area contributed by atoms with Gasteiger partial charge in [0, 0.05) is 62.8 Å². The van der Waals surface area contributed by atoms with Crippen LogP contribution in [0, 0.1) is 0 Å². The molecular formula is C28H34N6O. The van der Waals surface area contributed by atoms with Gasteiger partial charge in [0.25, 0.3) is 0 Å². The Hall–Kier alpha value is -3.16. The first-order chi connectivity index (χ1) is 17.2. The third-order valence-corrected chi connectivity index (χ3v) is 7.74. The van der Waals surface area contributed by atoms with Crippen molar-refractivity contribution in [3.05, 3.63) is 72.1 Å². The van der Waals surface area contributed by atoms with Gasteiger partial charge in [-0.1, -0.05) is 30.3 Å². The van der Waals surface area contributed by atoms with E-state index in [-0.39, 0.29) is 6.04 Å². The molecule has 1 aromatic heterocycles. The van der Waals surface area contributed by atoms with Crippen molar-refractivity contribution in [2.24, 2.45) is 0 Å². The fraction of sp³-hybridized carbons (Fsp3) is 0.429. The highest BCUT2D eigenvalue weighted by Gasteiger charge is 2.34. The first-order valence-electron chi connectivity index (χ1n) is 12.9. The topological polar surface area (TPSA) is 67.8 Å². The summed E-state index contributed by atoms with van der Waals surface area (Å²) >= 11 is 0. The predicted octanol–water partition coefficient (Wildman–Crippen LogP) is 3.82. The zero-order valence-corrected chi connectivity index (χ0v) is 20.2. The van der Waals surface area contributed by atoms with Crippen molar-refractivity contribution in [1.29, 1.82) is 0 Å². The molecule has 7 nitrogen and oxygen atoms in total. The van der Waals surface area contributed by atoms with Crippen LogP contribution in [0.3, 0.4) is 0 Å². The Morgan fingerprint density at radius 3 is 2.57 bits per heavy atom. The van der Waals surface area contributed by atoms with Crippen molar-refractivity contribution >= 4 is 23.0 Å². The van der Waals surface area contributed by atoms with E-state index in [1.165, 1.54) is 29.7 Å². The quantitative estimate of drug-likeness (QED) is 0.588. The van der Waals surface area contributed by atoms with Gasteiger partial charge in [0.05, 0.1) is 6.10 Å². The van der Waals surface area contributed by atoms with Gasteiger partial charge >= 0.3 is 0 Å². The van der Waals surface area contributed by atoms with Crippen molar-refractivity contribution in [1.82, 2.24) is 14.9 Å². The number of aromatic nitrogens is 2. The number of hydrogen-bond donors (Lipinski definition) is 2. The summed E-state index contributed by atoms with van der Waals surface area (Å²) in [6.07, 6.45) is 5.72. The monoisotopic (exact) mass is 470 g/mol. The van der Waals surface area contributed by atoms with Crippen LogP contribution in [0.5, 0.6) is 0 Å². The van der Waals surface area contributed by atoms with Crippen LogP contribution in [-0.4, -0.2) is 64.8 Å². The molecule has 4 heterocycles. The van der Waals surface area contributed by atoms with Gasteiger partial charge in [0.2, 0.25) is 0 Å². The Balaban J connectivity index is 1.10. The first kappa shape index (κ1) is 22.3. The molecule has 0 bridgehead atoms. The number of rotatable bonds is 5. The molecule has 1 unspecified atom stereocenters. The lowest BCUT2D eigenvalue weighted by Gasteiger charge is -2.43.